The van der Waals surface area contributed by atoms with Gasteiger partial charge in [-0.15, -0.1) is 11.3 Å². The molecule has 2 heterocycles. The number of nitrogens with zero attached hydrogens (tertiary/aromatic N) is 2. The van der Waals surface area contributed by atoms with Crippen molar-refractivity contribution in [2.24, 2.45) is 5.14 Å². The average molecular weight is 314 g/mol. The number of nitrogens with one attached hydrogen (secondary N) is 1. The smallest absolute Gasteiger partial charge is 0.261 e. The molecule has 0 saturated heterocycles. The molecule has 0 bridgehead atoms. The first-order valence-electron chi connectivity index (χ1n) is 5.75. The van der Waals surface area contributed by atoms with Gasteiger partial charge in [0.15, 0.2) is 0 Å². The van der Waals surface area contributed by atoms with Gasteiger partial charge in [-0.25, -0.2) is 18.5 Å². The van der Waals surface area contributed by atoms with E-state index in [9.17, 15) is 13.2 Å². The molecule has 0 radical (unpaired) electrons. The fourth-order valence-electron chi connectivity index (χ4n) is 1.65. The summed E-state index contributed by atoms with van der Waals surface area (Å²) in [6, 6.07) is 2.66. The van der Waals surface area contributed by atoms with E-state index in [-0.39, 0.29) is 16.2 Å². The third-order valence-corrected chi connectivity index (χ3v) is 5.03. The molecule has 20 heavy (non-hydrogen) atoms. The number of hydrogen-bond donors (Lipinski definition) is 2. The first-order chi connectivity index (χ1) is 9.36. The predicted molar refractivity (Wildman–Crippen MR) is 74.8 cm³/mol. The van der Waals surface area contributed by atoms with E-state index >= 15 is 0 Å². The molecule has 7 nitrogen and oxygen atoms in total. The van der Waals surface area contributed by atoms with Crippen LogP contribution in [-0.4, -0.2) is 29.9 Å². The molecule has 0 aliphatic carbocycles. The molecule has 9 heteroatoms. The molecule has 2 aromatic rings. The Morgan fingerprint density at radius 1 is 1.55 bits per heavy atom. The molecule has 1 amide bonds. The van der Waals surface area contributed by atoms with Crippen molar-refractivity contribution in [2.45, 2.75) is 23.7 Å². The fraction of sp³-hybridized carbons (Fsp3) is 0.273. The predicted octanol–water partition coefficient (Wildman–Crippen LogP) is 0.411. The Kier molecular flexibility index (Phi) is 4.21. The van der Waals surface area contributed by atoms with Crippen LogP contribution in [0.1, 0.15) is 16.6 Å². The molecule has 0 aromatic carbocycles. The number of carbonyl (C=O) groups is 1. The molecule has 1 unspecified atom stereocenters. The van der Waals surface area contributed by atoms with E-state index in [4.69, 9.17) is 5.14 Å². The second-order valence-corrected chi connectivity index (χ2v) is 7.17. The van der Waals surface area contributed by atoms with Crippen LogP contribution in [0.25, 0.3) is 0 Å². The van der Waals surface area contributed by atoms with Crippen molar-refractivity contribution in [3.05, 3.63) is 35.7 Å². The molecular weight excluding hydrogens is 300 g/mol. The summed E-state index contributed by atoms with van der Waals surface area (Å²) in [4.78, 5) is 16.2. The van der Waals surface area contributed by atoms with Crippen LogP contribution >= 0.6 is 11.3 Å². The first kappa shape index (κ1) is 14.7. The van der Waals surface area contributed by atoms with Gasteiger partial charge >= 0.3 is 0 Å². The summed E-state index contributed by atoms with van der Waals surface area (Å²) in [6.45, 7) is 2.44. The third kappa shape index (κ3) is 3.65. The maximum Gasteiger partial charge on any atom is 0.261 e. The number of nitrogens with two attached hydrogens (primary N) is 1. The van der Waals surface area contributed by atoms with E-state index in [0.717, 1.165) is 11.3 Å². The fourth-order valence-corrected chi connectivity index (χ4v) is 3.28. The topological polar surface area (TPSA) is 107 Å². The summed E-state index contributed by atoms with van der Waals surface area (Å²) < 4.78 is 24.1. The number of sulfonamides is 1. The van der Waals surface area contributed by atoms with Crippen LogP contribution in [0, 0.1) is 0 Å². The third-order valence-electron chi connectivity index (χ3n) is 2.51. The molecular formula is C11H14N4O3S2. The van der Waals surface area contributed by atoms with Gasteiger partial charge in [0.05, 0.1) is 11.2 Å². The number of amides is 1. The molecule has 2 aromatic heterocycles. The van der Waals surface area contributed by atoms with Gasteiger partial charge in [-0.2, -0.15) is 0 Å². The van der Waals surface area contributed by atoms with Gasteiger partial charge in [-0.1, -0.05) is 0 Å². The molecule has 3 N–H and O–H groups in total. The van der Waals surface area contributed by atoms with Gasteiger partial charge in [0.2, 0.25) is 10.0 Å². The molecule has 108 valence electrons. The van der Waals surface area contributed by atoms with E-state index in [0.29, 0.717) is 11.4 Å². The highest BCUT2D eigenvalue weighted by molar-refractivity contribution is 7.91. The van der Waals surface area contributed by atoms with E-state index in [2.05, 4.69) is 10.3 Å². The van der Waals surface area contributed by atoms with Crippen LogP contribution in [0.15, 0.2) is 35.1 Å². The minimum atomic E-state index is -3.76. The number of hydrogen-bond acceptors (Lipinski definition) is 5. The highest BCUT2D eigenvalue weighted by Crippen LogP contribution is 2.20. The summed E-state index contributed by atoms with van der Waals surface area (Å²) in [5.74, 6) is -0.322. The lowest BCUT2D eigenvalue weighted by Gasteiger charge is -2.13. The summed E-state index contributed by atoms with van der Waals surface area (Å²) in [6.07, 6.45) is 5.12. The number of carbonyl (C=O) groups excluding carboxylic acids is 1. The van der Waals surface area contributed by atoms with Crippen LogP contribution in [-0.2, 0) is 16.6 Å². The van der Waals surface area contributed by atoms with Crippen LogP contribution in [0.4, 0.5) is 0 Å². The van der Waals surface area contributed by atoms with Gasteiger partial charge in [0, 0.05) is 25.0 Å². The second kappa shape index (κ2) is 5.73. The monoisotopic (exact) mass is 314 g/mol. The van der Waals surface area contributed by atoms with Gasteiger partial charge < -0.3 is 9.88 Å². The average Bonchev–Trinajstić information content (AvgIpc) is 2.97. The Morgan fingerprint density at radius 3 is 2.85 bits per heavy atom. The quantitative estimate of drug-likeness (QED) is 0.833. The van der Waals surface area contributed by atoms with Crippen LogP contribution in [0.5, 0.6) is 0 Å². The van der Waals surface area contributed by atoms with Crippen LogP contribution < -0.4 is 10.5 Å². The molecule has 0 saturated carbocycles. The van der Waals surface area contributed by atoms with Gasteiger partial charge in [-0.05, 0) is 19.1 Å². The maximum atomic E-state index is 12.0. The lowest BCUT2D eigenvalue weighted by atomic mass is 10.3. The summed E-state index contributed by atoms with van der Waals surface area (Å²) in [5, 5.41) is 7.79. The SMILES string of the molecule is CC(Cn1ccnc1)NC(=O)c1ccc(S(N)(=O)=O)s1. The summed E-state index contributed by atoms with van der Waals surface area (Å²) >= 11 is 0.854. The first-order valence-corrected chi connectivity index (χ1v) is 8.12. The minimum absolute atomic E-state index is 0.0232. The molecule has 0 spiro atoms. The Balaban J connectivity index is 1.99. The van der Waals surface area contributed by atoms with Gasteiger partial charge in [-0.3, -0.25) is 4.79 Å². The molecule has 2 rings (SSSR count). The number of aromatic nitrogens is 2. The summed E-state index contributed by atoms with van der Waals surface area (Å²) in [7, 11) is -3.76. The van der Waals surface area contributed by atoms with Crippen LogP contribution in [0.2, 0.25) is 0 Å². The molecule has 1 atom stereocenters. The van der Waals surface area contributed by atoms with E-state index in [1.165, 1.54) is 12.1 Å². The Labute approximate surface area is 120 Å². The van der Waals surface area contributed by atoms with Crippen molar-refractivity contribution in [1.82, 2.24) is 14.9 Å². The molecule has 0 aliphatic heterocycles. The molecule has 0 fully saturated rings. The highest BCUT2D eigenvalue weighted by Gasteiger charge is 2.16. The lowest BCUT2D eigenvalue weighted by molar-refractivity contribution is 0.0941. The van der Waals surface area contributed by atoms with Crippen molar-refractivity contribution < 1.29 is 13.2 Å². The lowest BCUT2D eigenvalue weighted by Crippen LogP contribution is -2.35. The van der Waals surface area contributed by atoms with Gasteiger partial charge in [0.1, 0.15) is 4.21 Å². The zero-order valence-corrected chi connectivity index (χ0v) is 12.3. The van der Waals surface area contributed by atoms with Crippen molar-refractivity contribution >= 4 is 27.3 Å². The summed E-state index contributed by atoms with van der Waals surface area (Å²) in [5.41, 5.74) is 0. The van der Waals surface area contributed by atoms with Crippen molar-refractivity contribution in [3.63, 3.8) is 0 Å². The van der Waals surface area contributed by atoms with Crippen molar-refractivity contribution in [2.75, 3.05) is 0 Å². The minimum Gasteiger partial charge on any atom is -0.347 e. The van der Waals surface area contributed by atoms with Crippen molar-refractivity contribution in [1.29, 1.82) is 0 Å². The van der Waals surface area contributed by atoms with E-state index in [1.807, 2.05) is 11.5 Å². The normalized spacial score (nSPS) is 13.1. The Morgan fingerprint density at radius 2 is 2.30 bits per heavy atom. The largest absolute Gasteiger partial charge is 0.347 e. The second-order valence-electron chi connectivity index (χ2n) is 4.30. The van der Waals surface area contributed by atoms with E-state index < -0.39 is 10.0 Å². The molecule has 0 aliphatic rings. The number of primary sulfonamides is 1. The van der Waals surface area contributed by atoms with Crippen molar-refractivity contribution in [3.8, 4) is 0 Å². The number of thiophene rings is 1. The zero-order chi connectivity index (χ0) is 14.8. The Bertz CT molecular complexity index is 691. The zero-order valence-electron chi connectivity index (χ0n) is 10.7. The number of rotatable bonds is 5. The standard InChI is InChI=1S/C11H14N4O3S2/c1-8(6-15-5-4-13-7-15)14-11(16)9-2-3-10(19-9)20(12,17)18/h2-5,7-8H,6H2,1H3,(H,14,16)(H2,12,17,18). The maximum absolute atomic E-state index is 12.0. The highest BCUT2D eigenvalue weighted by atomic mass is 32.2. The number of imidazole rings is 1. The van der Waals surface area contributed by atoms with Gasteiger partial charge in [0.25, 0.3) is 5.91 Å². The van der Waals surface area contributed by atoms with Crippen LogP contribution in [0.3, 0.4) is 0 Å². The Hall–Kier alpha value is -1.71. The van der Waals surface area contributed by atoms with E-state index in [1.54, 1.807) is 18.7 Å².